The van der Waals surface area contributed by atoms with Gasteiger partial charge < -0.3 is 5.73 Å². The smallest absolute Gasteiger partial charge is 0.0194 e. The fourth-order valence-corrected chi connectivity index (χ4v) is 3.55. The molecule has 0 aromatic heterocycles. The molecule has 0 bridgehead atoms. The first-order valence-electron chi connectivity index (χ1n) is 6.25. The maximum Gasteiger partial charge on any atom is 0.0194 e. The average molecular weight is 194 g/mol. The van der Waals surface area contributed by atoms with Crippen LogP contribution in [0.4, 0.5) is 0 Å². The van der Waals surface area contributed by atoms with Crippen LogP contribution in [0.25, 0.3) is 0 Å². The minimum Gasteiger partial charge on any atom is -0.326 e. The lowest BCUT2D eigenvalue weighted by atomic mass is 9.92. The van der Waals surface area contributed by atoms with Gasteiger partial charge in [0.2, 0.25) is 0 Å². The van der Waals surface area contributed by atoms with E-state index in [2.05, 4.69) is 11.8 Å². The third-order valence-corrected chi connectivity index (χ3v) is 4.82. The molecule has 3 fully saturated rings. The van der Waals surface area contributed by atoms with E-state index in [4.69, 9.17) is 5.73 Å². The Bertz CT molecular complexity index is 228. The highest BCUT2D eigenvalue weighted by atomic mass is 15.2. The summed E-state index contributed by atoms with van der Waals surface area (Å²) in [4.78, 5) is 2.70. The van der Waals surface area contributed by atoms with Crippen molar-refractivity contribution < 1.29 is 0 Å². The zero-order chi connectivity index (χ0) is 9.71. The lowest BCUT2D eigenvalue weighted by Crippen LogP contribution is -2.51. The number of nitrogens with zero attached hydrogens (tertiary/aromatic N) is 1. The second-order valence-corrected chi connectivity index (χ2v) is 5.73. The van der Waals surface area contributed by atoms with Crippen LogP contribution in [-0.4, -0.2) is 30.1 Å². The van der Waals surface area contributed by atoms with Crippen LogP contribution in [0.5, 0.6) is 0 Å². The lowest BCUT2D eigenvalue weighted by molar-refractivity contribution is 0.111. The van der Waals surface area contributed by atoms with Gasteiger partial charge in [0.1, 0.15) is 0 Å². The molecule has 1 saturated heterocycles. The molecule has 0 amide bonds. The Morgan fingerprint density at radius 2 is 2.07 bits per heavy atom. The van der Waals surface area contributed by atoms with Gasteiger partial charge in [-0.25, -0.2) is 0 Å². The number of likely N-dealkylation sites (tertiary alicyclic amines) is 1. The third-order valence-electron chi connectivity index (χ3n) is 4.82. The Kier molecular flexibility index (Phi) is 2.10. The summed E-state index contributed by atoms with van der Waals surface area (Å²) in [5, 5.41) is 0. The summed E-state index contributed by atoms with van der Waals surface area (Å²) in [6.07, 6.45) is 5.79. The summed E-state index contributed by atoms with van der Waals surface area (Å²) >= 11 is 0. The molecule has 2 heteroatoms. The van der Waals surface area contributed by atoms with Crippen LogP contribution >= 0.6 is 0 Å². The predicted molar refractivity (Wildman–Crippen MR) is 57.9 cm³/mol. The molecule has 2 N–H and O–H groups in total. The van der Waals surface area contributed by atoms with Crippen molar-refractivity contribution in [1.82, 2.24) is 4.90 Å². The van der Waals surface area contributed by atoms with Gasteiger partial charge in [-0.15, -0.1) is 0 Å². The van der Waals surface area contributed by atoms with Gasteiger partial charge >= 0.3 is 0 Å². The zero-order valence-corrected chi connectivity index (χ0v) is 9.15. The largest absolute Gasteiger partial charge is 0.326 e. The van der Waals surface area contributed by atoms with E-state index in [1.807, 2.05) is 0 Å². The summed E-state index contributed by atoms with van der Waals surface area (Å²) in [6.45, 7) is 4.77. The monoisotopic (exact) mass is 194 g/mol. The number of fused-ring (bicyclic) bond motifs is 1. The van der Waals surface area contributed by atoms with Crippen molar-refractivity contribution in [3.05, 3.63) is 0 Å². The highest BCUT2D eigenvalue weighted by Crippen LogP contribution is 2.53. The molecular formula is C12H22N2. The third kappa shape index (κ3) is 1.40. The van der Waals surface area contributed by atoms with E-state index in [9.17, 15) is 0 Å². The zero-order valence-electron chi connectivity index (χ0n) is 9.15. The summed E-state index contributed by atoms with van der Waals surface area (Å²) < 4.78 is 0. The van der Waals surface area contributed by atoms with Gasteiger partial charge in [-0.2, -0.15) is 0 Å². The highest BCUT2D eigenvalue weighted by molar-refractivity contribution is 5.03. The van der Waals surface area contributed by atoms with Gasteiger partial charge in [0.05, 0.1) is 0 Å². The molecule has 0 aromatic carbocycles. The minimum atomic E-state index is 0.432. The summed E-state index contributed by atoms with van der Waals surface area (Å²) in [5.41, 5.74) is 6.15. The Hall–Kier alpha value is -0.0800. The van der Waals surface area contributed by atoms with E-state index in [1.165, 1.54) is 32.2 Å². The summed E-state index contributed by atoms with van der Waals surface area (Å²) in [5.74, 6) is 2.91. The molecule has 3 rings (SSSR count). The molecule has 0 spiro atoms. The first-order valence-corrected chi connectivity index (χ1v) is 6.25. The Balaban J connectivity index is 1.62. The Morgan fingerprint density at radius 1 is 1.21 bits per heavy atom. The fourth-order valence-electron chi connectivity index (χ4n) is 3.55. The van der Waals surface area contributed by atoms with Gasteiger partial charge in [-0.3, -0.25) is 4.90 Å². The molecule has 80 valence electrons. The van der Waals surface area contributed by atoms with Crippen molar-refractivity contribution in [2.24, 2.45) is 23.5 Å². The molecule has 1 aliphatic heterocycles. The van der Waals surface area contributed by atoms with E-state index in [-0.39, 0.29) is 0 Å². The van der Waals surface area contributed by atoms with Crippen molar-refractivity contribution in [2.45, 2.75) is 44.7 Å². The maximum atomic E-state index is 6.15. The summed E-state index contributed by atoms with van der Waals surface area (Å²) in [7, 11) is 0. The van der Waals surface area contributed by atoms with E-state index in [1.54, 1.807) is 0 Å². The lowest BCUT2D eigenvalue weighted by Gasteiger charge is -2.39. The number of rotatable bonds is 1. The van der Waals surface area contributed by atoms with Crippen LogP contribution in [0.1, 0.15) is 32.6 Å². The van der Waals surface area contributed by atoms with Crippen molar-refractivity contribution in [2.75, 3.05) is 13.1 Å². The van der Waals surface area contributed by atoms with Crippen LogP contribution in [0.3, 0.4) is 0 Å². The number of nitrogens with two attached hydrogens (primary N) is 1. The quantitative estimate of drug-likeness (QED) is 0.684. The van der Waals surface area contributed by atoms with E-state index < -0.39 is 0 Å². The molecule has 0 radical (unpaired) electrons. The van der Waals surface area contributed by atoms with Crippen LogP contribution in [-0.2, 0) is 0 Å². The average Bonchev–Trinajstić information content (AvgIpc) is 2.84. The van der Waals surface area contributed by atoms with Crippen LogP contribution in [0.15, 0.2) is 0 Å². The van der Waals surface area contributed by atoms with Crippen molar-refractivity contribution in [1.29, 1.82) is 0 Å². The second-order valence-electron chi connectivity index (χ2n) is 5.73. The van der Waals surface area contributed by atoms with Gasteiger partial charge in [-0.1, -0.05) is 6.92 Å². The molecule has 5 atom stereocenters. The normalized spacial score (nSPS) is 53.1. The van der Waals surface area contributed by atoms with Crippen molar-refractivity contribution >= 4 is 0 Å². The fraction of sp³-hybridized carbons (Fsp3) is 1.00. The topological polar surface area (TPSA) is 29.3 Å². The van der Waals surface area contributed by atoms with Crippen LogP contribution < -0.4 is 5.73 Å². The molecule has 1 heterocycles. The number of hydrogen-bond donors (Lipinski definition) is 1. The standard InChI is InChI=1S/C12H22N2/c1-8-4-5-14(7-11(8)13)12-3-2-9-6-10(9)12/h8-12H,2-7,13H2,1H3. The molecule has 0 aromatic rings. The minimum absolute atomic E-state index is 0.432. The van der Waals surface area contributed by atoms with Gasteiger partial charge in [0.25, 0.3) is 0 Å². The van der Waals surface area contributed by atoms with Gasteiger partial charge in [0, 0.05) is 18.6 Å². The van der Waals surface area contributed by atoms with E-state index in [0.29, 0.717) is 6.04 Å². The maximum absolute atomic E-state index is 6.15. The van der Waals surface area contributed by atoms with Gasteiger partial charge in [0.15, 0.2) is 0 Å². The molecule has 5 unspecified atom stereocenters. The number of piperidine rings is 1. The first kappa shape index (κ1) is 9.17. The highest BCUT2D eigenvalue weighted by Gasteiger charge is 2.50. The molecule has 3 aliphatic rings. The van der Waals surface area contributed by atoms with Crippen molar-refractivity contribution in [3.8, 4) is 0 Å². The Labute approximate surface area is 86.8 Å². The second kappa shape index (κ2) is 3.21. The Morgan fingerprint density at radius 3 is 2.64 bits per heavy atom. The number of hydrogen-bond acceptors (Lipinski definition) is 2. The molecule has 2 aliphatic carbocycles. The van der Waals surface area contributed by atoms with Crippen LogP contribution in [0, 0.1) is 17.8 Å². The molecule has 2 nitrogen and oxygen atoms in total. The SMILES string of the molecule is CC1CCN(C2CCC3CC32)CC1N. The van der Waals surface area contributed by atoms with Gasteiger partial charge in [-0.05, 0) is 50.0 Å². The molecule has 2 saturated carbocycles. The molecule has 14 heavy (non-hydrogen) atoms. The van der Waals surface area contributed by atoms with Crippen molar-refractivity contribution in [3.63, 3.8) is 0 Å². The van der Waals surface area contributed by atoms with E-state index >= 15 is 0 Å². The summed E-state index contributed by atoms with van der Waals surface area (Å²) in [6, 6.07) is 1.35. The van der Waals surface area contributed by atoms with E-state index in [0.717, 1.165) is 30.3 Å². The predicted octanol–water partition coefficient (Wildman–Crippen LogP) is 1.45. The van der Waals surface area contributed by atoms with Crippen LogP contribution in [0.2, 0.25) is 0 Å². The first-order chi connectivity index (χ1) is 6.75. The molecular weight excluding hydrogens is 172 g/mol.